The van der Waals surface area contributed by atoms with Crippen molar-refractivity contribution in [3.63, 3.8) is 0 Å². The lowest BCUT2D eigenvalue weighted by Gasteiger charge is -2.32. The van der Waals surface area contributed by atoms with Crippen molar-refractivity contribution in [2.75, 3.05) is 0 Å². The molecule has 2 N–H and O–H groups in total. The second kappa shape index (κ2) is 12.6. The second-order valence-corrected chi connectivity index (χ2v) is 8.80. The Morgan fingerprint density at radius 1 is 0.682 bits per heavy atom. The van der Waals surface area contributed by atoms with Crippen LogP contribution in [0, 0.1) is 0 Å². The topological polar surface area (TPSA) is 57.5 Å². The lowest BCUT2D eigenvalue weighted by Crippen LogP contribution is -2.27. The minimum absolute atomic E-state index is 0.575. The van der Waals surface area contributed by atoms with Crippen LogP contribution < -0.4 is 0 Å². The highest BCUT2D eigenvalue weighted by molar-refractivity contribution is 7.53. The summed E-state index contributed by atoms with van der Waals surface area (Å²) >= 11 is 0. The first-order valence-corrected chi connectivity index (χ1v) is 11.1. The summed E-state index contributed by atoms with van der Waals surface area (Å²) in [5, 5.41) is -0.772. The fourth-order valence-electron chi connectivity index (χ4n) is 3.28. The van der Waals surface area contributed by atoms with E-state index in [9.17, 15) is 14.4 Å². The standard InChI is InChI=1S/C18H39O3P/c1-4-7-8-9-10-11-12-13-14-15-16-17-18(5-2,6-3)22(19,20)21/h4-17H2,1-3H3,(H2,19,20,21). The highest BCUT2D eigenvalue weighted by Crippen LogP contribution is 2.57. The maximum Gasteiger partial charge on any atom is 0.331 e. The molecule has 0 aromatic heterocycles. The molecule has 0 radical (unpaired) electrons. The average Bonchev–Trinajstić information content (AvgIpc) is 2.47. The van der Waals surface area contributed by atoms with Gasteiger partial charge in [0, 0.05) is 0 Å². The first-order chi connectivity index (χ1) is 10.4. The third-order valence-corrected chi connectivity index (χ3v) is 7.27. The van der Waals surface area contributed by atoms with Crippen molar-refractivity contribution in [2.45, 2.75) is 116 Å². The minimum atomic E-state index is -3.99. The fourth-order valence-corrected chi connectivity index (χ4v) is 4.55. The van der Waals surface area contributed by atoms with Gasteiger partial charge in [0.05, 0.1) is 5.16 Å². The van der Waals surface area contributed by atoms with Crippen molar-refractivity contribution in [1.82, 2.24) is 0 Å². The summed E-state index contributed by atoms with van der Waals surface area (Å²) in [4.78, 5) is 19.2. The quantitative estimate of drug-likeness (QED) is 0.268. The second-order valence-electron chi connectivity index (χ2n) is 6.76. The zero-order valence-corrected chi connectivity index (χ0v) is 16.0. The summed E-state index contributed by atoms with van der Waals surface area (Å²) in [6.07, 6.45) is 15.8. The van der Waals surface area contributed by atoms with Gasteiger partial charge in [-0.3, -0.25) is 4.57 Å². The molecule has 4 heteroatoms. The van der Waals surface area contributed by atoms with E-state index in [0.29, 0.717) is 19.3 Å². The van der Waals surface area contributed by atoms with Gasteiger partial charge in [-0.15, -0.1) is 0 Å². The van der Waals surface area contributed by atoms with E-state index in [4.69, 9.17) is 0 Å². The van der Waals surface area contributed by atoms with Crippen LogP contribution >= 0.6 is 7.60 Å². The van der Waals surface area contributed by atoms with Gasteiger partial charge in [0.2, 0.25) is 0 Å². The van der Waals surface area contributed by atoms with Gasteiger partial charge in [0.15, 0.2) is 0 Å². The van der Waals surface area contributed by atoms with Gasteiger partial charge in [0.25, 0.3) is 0 Å². The zero-order valence-electron chi connectivity index (χ0n) is 15.1. The molecule has 0 aromatic rings. The Balaban J connectivity index is 3.65. The molecule has 0 spiro atoms. The lowest BCUT2D eigenvalue weighted by molar-refractivity contribution is 0.300. The smallest absolute Gasteiger partial charge is 0.324 e. The Kier molecular flexibility index (Phi) is 12.6. The van der Waals surface area contributed by atoms with Gasteiger partial charge in [-0.05, 0) is 19.3 Å². The predicted molar refractivity (Wildman–Crippen MR) is 96.4 cm³/mol. The first-order valence-electron chi connectivity index (χ1n) is 9.49. The van der Waals surface area contributed by atoms with E-state index in [2.05, 4.69) is 6.92 Å². The average molecular weight is 334 g/mol. The Morgan fingerprint density at radius 2 is 1.05 bits per heavy atom. The monoisotopic (exact) mass is 334 g/mol. The van der Waals surface area contributed by atoms with Crippen LogP contribution in [0.1, 0.15) is 111 Å². The van der Waals surface area contributed by atoms with Crippen molar-refractivity contribution in [2.24, 2.45) is 0 Å². The summed E-state index contributed by atoms with van der Waals surface area (Å²) in [5.41, 5.74) is 0. The molecule has 0 rings (SSSR count). The van der Waals surface area contributed by atoms with Crippen LogP contribution in [0.15, 0.2) is 0 Å². The molecular formula is C18H39O3P. The van der Waals surface area contributed by atoms with Crippen LogP contribution in [0.3, 0.4) is 0 Å². The Morgan fingerprint density at radius 3 is 1.36 bits per heavy atom. The molecular weight excluding hydrogens is 295 g/mol. The molecule has 0 aliphatic rings. The molecule has 0 bridgehead atoms. The molecule has 134 valence electrons. The van der Waals surface area contributed by atoms with E-state index >= 15 is 0 Å². The number of unbranched alkanes of at least 4 members (excludes halogenated alkanes) is 10. The van der Waals surface area contributed by atoms with Crippen molar-refractivity contribution < 1.29 is 14.4 Å². The Bertz CT molecular complexity index is 295. The molecule has 0 amide bonds. The lowest BCUT2D eigenvalue weighted by atomic mass is 9.94. The van der Waals surface area contributed by atoms with E-state index in [1.54, 1.807) is 0 Å². The summed E-state index contributed by atoms with van der Waals surface area (Å²) in [7, 11) is -3.99. The van der Waals surface area contributed by atoms with Crippen molar-refractivity contribution in [3.8, 4) is 0 Å². The third-order valence-electron chi connectivity index (χ3n) is 5.18. The van der Waals surface area contributed by atoms with Crippen LogP contribution in [0.25, 0.3) is 0 Å². The van der Waals surface area contributed by atoms with Gasteiger partial charge in [-0.1, -0.05) is 91.4 Å². The van der Waals surface area contributed by atoms with E-state index in [1.807, 2.05) is 13.8 Å². The zero-order chi connectivity index (χ0) is 16.9. The number of rotatable bonds is 15. The molecule has 0 aliphatic heterocycles. The predicted octanol–water partition coefficient (Wildman–Crippen LogP) is 6.42. The summed E-state index contributed by atoms with van der Waals surface area (Å²) in [6.45, 7) is 6.06. The third kappa shape index (κ3) is 8.70. The molecule has 0 saturated carbocycles. The van der Waals surface area contributed by atoms with E-state index < -0.39 is 12.8 Å². The normalized spacial score (nSPS) is 12.8. The summed E-state index contributed by atoms with van der Waals surface area (Å²) in [6, 6.07) is 0. The fraction of sp³-hybridized carbons (Fsp3) is 1.00. The molecule has 0 aliphatic carbocycles. The van der Waals surface area contributed by atoms with Crippen LogP contribution in [0.5, 0.6) is 0 Å². The highest BCUT2D eigenvalue weighted by atomic mass is 31.2. The molecule has 0 atom stereocenters. The van der Waals surface area contributed by atoms with Crippen LogP contribution in [0.2, 0.25) is 0 Å². The molecule has 0 saturated heterocycles. The minimum Gasteiger partial charge on any atom is -0.324 e. The summed E-state index contributed by atoms with van der Waals surface area (Å²) in [5.74, 6) is 0. The maximum absolute atomic E-state index is 11.7. The number of hydrogen-bond acceptors (Lipinski definition) is 1. The van der Waals surface area contributed by atoms with Crippen LogP contribution in [-0.4, -0.2) is 14.9 Å². The molecule has 0 fully saturated rings. The molecule has 0 heterocycles. The maximum atomic E-state index is 11.7. The number of hydrogen-bond donors (Lipinski definition) is 2. The van der Waals surface area contributed by atoms with Crippen molar-refractivity contribution >= 4 is 7.60 Å². The van der Waals surface area contributed by atoms with Gasteiger partial charge in [0.1, 0.15) is 0 Å². The van der Waals surface area contributed by atoms with Gasteiger partial charge in [-0.2, -0.15) is 0 Å². The first kappa shape index (κ1) is 22.1. The molecule has 0 unspecified atom stereocenters. The van der Waals surface area contributed by atoms with Gasteiger partial charge in [-0.25, -0.2) is 0 Å². The summed E-state index contributed by atoms with van der Waals surface area (Å²) < 4.78 is 11.7. The van der Waals surface area contributed by atoms with Crippen LogP contribution in [0.4, 0.5) is 0 Å². The van der Waals surface area contributed by atoms with E-state index in [-0.39, 0.29) is 0 Å². The SMILES string of the molecule is CCCCCCCCCCCCCC(CC)(CC)P(=O)(O)O. The Hall–Kier alpha value is 0.150. The molecule has 0 aromatic carbocycles. The largest absolute Gasteiger partial charge is 0.331 e. The van der Waals surface area contributed by atoms with Crippen molar-refractivity contribution in [3.05, 3.63) is 0 Å². The van der Waals surface area contributed by atoms with Crippen molar-refractivity contribution in [1.29, 1.82) is 0 Å². The van der Waals surface area contributed by atoms with Gasteiger partial charge >= 0.3 is 7.60 Å². The Labute approximate surface area is 138 Å². The highest BCUT2D eigenvalue weighted by Gasteiger charge is 2.42. The molecule has 22 heavy (non-hydrogen) atoms. The van der Waals surface area contributed by atoms with Crippen LogP contribution in [-0.2, 0) is 4.57 Å². The van der Waals surface area contributed by atoms with Gasteiger partial charge < -0.3 is 9.79 Å². The van der Waals surface area contributed by atoms with E-state index in [0.717, 1.165) is 12.8 Å². The van der Waals surface area contributed by atoms with E-state index in [1.165, 1.54) is 57.8 Å². The molecule has 3 nitrogen and oxygen atoms in total.